The Morgan fingerprint density at radius 3 is 2.62 bits per heavy atom. The smallest absolute Gasteiger partial charge is 0.134 e. The highest BCUT2D eigenvalue weighted by Crippen LogP contribution is 2.22. The second-order valence-electron chi connectivity index (χ2n) is 3.33. The van der Waals surface area contributed by atoms with Gasteiger partial charge in [-0.15, -0.1) is 0 Å². The van der Waals surface area contributed by atoms with E-state index in [0.29, 0.717) is 0 Å². The molecule has 0 amide bonds. The maximum Gasteiger partial charge on any atom is 0.134 e. The molecular formula is C10H13NO2. The zero-order valence-electron chi connectivity index (χ0n) is 7.53. The number of ether oxygens (including phenoxy) is 1. The van der Waals surface area contributed by atoms with Crippen molar-refractivity contribution in [1.29, 1.82) is 0 Å². The summed E-state index contributed by atoms with van der Waals surface area (Å²) in [5.74, 6) is 0.287. The van der Waals surface area contributed by atoms with Gasteiger partial charge in [0.15, 0.2) is 0 Å². The van der Waals surface area contributed by atoms with Crippen LogP contribution in [0.15, 0.2) is 24.3 Å². The van der Waals surface area contributed by atoms with Gasteiger partial charge in [-0.05, 0) is 24.6 Å². The summed E-state index contributed by atoms with van der Waals surface area (Å²) in [6.07, 6.45) is 0.245. The van der Waals surface area contributed by atoms with E-state index in [4.69, 9.17) is 9.84 Å². The van der Waals surface area contributed by atoms with Crippen molar-refractivity contribution in [1.82, 2.24) is 5.32 Å². The van der Waals surface area contributed by atoms with Crippen molar-refractivity contribution in [2.75, 3.05) is 6.54 Å². The van der Waals surface area contributed by atoms with Gasteiger partial charge in [-0.3, -0.25) is 5.32 Å². The average molecular weight is 179 g/mol. The Hall–Kier alpha value is -1.06. The molecular weight excluding hydrogens is 166 g/mol. The number of phenolic OH excluding ortho intramolecular Hbond substituents is 1. The van der Waals surface area contributed by atoms with Crippen LogP contribution in [0, 0.1) is 0 Å². The van der Waals surface area contributed by atoms with Gasteiger partial charge >= 0.3 is 0 Å². The second kappa shape index (κ2) is 3.36. The summed E-state index contributed by atoms with van der Waals surface area (Å²) in [6.45, 7) is 2.92. The predicted molar refractivity (Wildman–Crippen MR) is 49.4 cm³/mol. The highest BCUT2D eigenvalue weighted by atomic mass is 16.5. The first-order chi connectivity index (χ1) is 6.25. The van der Waals surface area contributed by atoms with Crippen LogP contribution in [0.4, 0.5) is 0 Å². The van der Waals surface area contributed by atoms with Crippen molar-refractivity contribution in [3.05, 3.63) is 29.8 Å². The first-order valence-electron chi connectivity index (χ1n) is 4.43. The maximum atomic E-state index is 9.09. The van der Waals surface area contributed by atoms with Gasteiger partial charge in [0, 0.05) is 6.54 Å². The molecule has 0 aromatic heterocycles. The minimum atomic E-state index is -0.0180. The van der Waals surface area contributed by atoms with Gasteiger partial charge in [-0.2, -0.15) is 0 Å². The third-order valence-corrected chi connectivity index (χ3v) is 2.15. The van der Waals surface area contributed by atoms with E-state index >= 15 is 0 Å². The van der Waals surface area contributed by atoms with Gasteiger partial charge in [0.2, 0.25) is 0 Å². The highest BCUT2D eigenvalue weighted by Gasteiger charge is 2.21. The quantitative estimate of drug-likeness (QED) is 0.684. The van der Waals surface area contributed by atoms with Crippen molar-refractivity contribution in [3.63, 3.8) is 0 Å². The lowest BCUT2D eigenvalue weighted by Gasteiger charge is -2.10. The van der Waals surface area contributed by atoms with E-state index in [1.807, 2.05) is 19.1 Å². The van der Waals surface area contributed by atoms with Crippen LogP contribution in [-0.2, 0) is 4.74 Å². The molecule has 2 rings (SSSR count). The Balaban J connectivity index is 2.13. The lowest BCUT2D eigenvalue weighted by molar-refractivity contribution is 0.0510. The fourth-order valence-electron chi connectivity index (χ4n) is 1.45. The third kappa shape index (κ3) is 1.82. The Labute approximate surface area is 77.3 Å². The molecule has 70 valence electrons. The maximum absolute atomic E-state index is 9.09. The average Bonchev–Trinajstić information content (AvgIpc) is 2.53. The summed E-state index contributed by atoms with van der Waals surface area (Å²) < 4.78 is 5.59. The molecule has 1 fully saturated rings. The summed E-state index contributed by atoms with van der Waals surface area (Å²) >= 11 is 0. The summed E-state index contributed by atoms with van der Waals surface area (Å²) in [6, 6.07) is 7.07. The number of hydrogen-bond donors (Lipinski definition) is 2. The Kier molecular flexibility index (Phi) is 2.20. The summed E-state index contributed by atoms with van der Waals surface area (Å²) in [4.78, 5) is 0. The molecule has 3 nitrogen and oxygen atoms in total. The molecule has 13 heavy (non-hydrogen) atoms. The third-order valence-electron chi connectivity index (χ3n) is 2.15. The molecule has 1 saturated heterocycles. The Morgan fingerprint density at radius 2 is 2.08 bits per heavy atom. The van der Waals surface area contributed by atoms with Crippen LogP contribution < -0.4 is 5.32 Å². The van der Waals surface area contributed by atoms with Crippen LogP contribution in [-0.4, -0.2) is 17.8 Å². The van der Waals surface area contributed by atoms with Crippen LogP contribution in [0.25, 0.3) is 0 Å². The van der Waals surface area contributed by atoms with E-state index in [-0.39, 0.29) is 18.1 Å². The molecule has 1 aliphatic heterocycles. The van der Waals surface area contributed by atoms with Crippen molar-refractivity contribution in [3.8, 4) is 5.75 Å². The van der Waals surface area contributed by atoms with Crippen LogP contribution in [0.1, 0.15) is 18.7 Å². The van der Waals surface area contributed by atoms with Gasteiger partial charge in [-0.1, -0.05) is 12.1 Å². The summed E-state index contributed by atoms with van der Waals surface area (Å²) in [7, 11) is 0. The molecule has 0 saturated carbocycles. The van der Waals surface area contributed by atoms with Crippen molar-refractivity contribution in [2.45, 2.75) is 19.3 Å². The van der Waals surface area contributed by atoms with Crippen LogP contribution in [0.3, 0.4) is 0 Å². The number of rotatable bonds is 1. The molecule has 0 radical (unpaired) electrons. The van der Waals surface area contributed by atoms with E-state index in [0.717, 1.165) is 12.1 Å². The van der Waals surface area contributed by atoms with Gasteiger partial charge < -0.3 is 9.84 Å². The number of benzene rings is 1. The number of aromatic hydroxyl groups is 1. The van der Waals surface area contributed by atoms with Crippen LogP contribution >= 0.6 is 0 Å². The number of phenols is 1. The van der Waals surface area contributed by atoms with E-state index < -0.39 is 0 Å². The van der Waals surface area contributed by atoms with E-state index in [2.05, 4.69) is 5.32 Å². The zero-order chi connectivity index (χ0) is 9.26. The topological polar surface area (TPSA) is 41.5 Å². The van der Waals surface area contributed by atoms with Gasteiger partial charge in [0.1, 0.15) is 12.0 Å². The fraction of sp³-hybridized carbons (Fsp3) is 0.400. The molecule has 1 aromatic carbocycles. The molecule has 1 aliphatic rings. The van der Waals surface area contributed by atoms with Gasteiger partial charge in [-0.25, -0.2) is 0 Å². The molecule has 2 atom stereocenters. The molecule has 2 N–H and O–H groups in total. The van der Waals surface area contributed by atoms with E-state index in [1.54, 1.807) is 12.1 Å². The first-order valence-corrected chi connectivity index (χ1v) is 4.43. The molecule has 2 unspecified atom stereocenters. The fourth-order valence-corrected chi connectivity index (χ4v) is 1.45. The number of hydrogen-bond acceptors (Lipinski definition) is 3. The highest BCUT2D eigenvalue weighted by molar-refractivity contribution is 5.27. The normalized spacial score (nSPS) is 27.8. The molecule has 0 aliphatic carbocycles. The summed E-state index contributed by atoms with van der Waals surface area (Å²) in [5, 5.41) is 12.3. The van der Waals surface area contributed by atoms with Crippen LogP contribution in [0.5, 0.6) is 5.75 Å². The van der Waals surface area contributed by atoms with Crippen molar-refractivity contribution >= 4 is 0 Å². The number of nitrogens with one attached hydrogen (secondary N) is 1. The Morgan fingerprint density at radius 1 is 1.38 bits per heavy atom. The Bertz CT molecular complexity index is 283. The van der Waals surface area contributed by atoms with Crippen molar-refractivity contribution < 1.29 is 9.84 Å². The van der Waals surface area contributed by atoms with E-state index in [1.165, 1.54) is 0 Å². The van der Waals surface area contributed by atoms with Gasteiger partial charge in [0.05, 0.1) is 6.10 Å². The zero-order valence-corrected chi connectivity index (χ0v) is 7.53. The molecule has 0 spiro atoms. The lowest BCUT2D eigenvalue weighted by Crippen LogP contribution is -2.14. The monoisotopic (exact) mass is 179 g/mol. The van der Waals surface area contributed by atoms with Gasteiger partial charge in [0.25, 0.3) is 0 Å². The molecule has 1 heterocycles. The SMILES string of the molecule is CC1CNC(c2ccc(O)cc2)O1. The molecule has 0 bridgehead atoms. The molecule has 1 aromatic rings. The lowest BCUT2D eigenvalue weighted by atomic mass is 10.2. The standard InChI is InChI=1S/C10H13NO2/c1-7-6-11-10(13-7)8-2-4-9(12)5-3-8/h2-5,7,10-12H,6H2,1H3. The molecule has 3 heteroatoms. The van der Waals surface area contributed by atoms with E-state index in [9.17, 15) is 0 Å². The minimum Gasteiger partial charge on any atom is -0.508 e. The largest absolute Gasteiger partial charge is 0.508 e. The van der Waals surface area contributed by atoms with Crippen molar-refractivity contribution in [2.24, 2.45) is 0 Å². The first kappa shape index (κ1) is 8.53. The second-order valence-corrected chi connectivity index (χ2v) is 3.33. The summed E-state index contributed by atoms with van der Waals surface area (Å²) in [5.41, 5.74) is 1.06. The predicted octanol–water partition coefficient (Wildman–Crippen LogP) is 1.40. The minimum absolute atomic E-state index is 0.0180. The van der Waals surface area contributed by atoms with Crippen LogP contribution in [0.2, 0.25) is 0 Å².